The lowest BCUT2D eigenvalue weighted by atomic mass is 9.98. The first-order chi connectivity index (χ1) is 14.0. The maximum absolute atomic E-state index is 13.2. The second-order valence-electron chi connectivity index (χ2n) is 6.90. The highest BCUT2D eigenvalue weighted by molar-refractivity contribution is 7.93. The molecule has 6 nitrogen and oxygen atoms in total. The van der Waals surface area contributed by atoms with Crippen LogP contribution in [0.3, 0.4) is 0 Å². The predicted octanol–water partition coefficient (Wildman–Crippen LogP) is 3.66. The smallest absolute Gasteiger partial charge is 0.239 e. The van der Waals surface area contributed by atoms with Crippen molar-refractivity contribution in [3.8, 4) is 5.75 Å². The first-order valence-corrected chi connectivity index (χ1v) is 11.1. The number of sulfonamides is 1. The molecule has 0 aliphatic heterocycles. The molecule has 29 heavy (non-hydrogen) atoms. The zero-order valence-electron chi connectivity index (χ0n) is 16.7. The van der Waals surface area contributed by atoms with Crippen LogP contribution in [0.2, 0.25) is 0 Å². The van der Waals surface area contributed by atoms with Crippen molar-refractivity contribution in [3.05, 3.63) is 64.6 Å². The Balaban J connectivity index is 1.80. The molecular formula is C22H26N2O4S. The Bertz CT molecular complexity index is 1010. The van der Waals surface area contributed by atoms with E-state index in [0.717, 1.165) is 11.1 Å². The number of nitrogens with zero attached hydrogens (tertiary/aromatic N) is 1. The summed E-state index contributed by atoms with van der Waals surface area (Å²) in [4.78, 5) is 13.0. The van der Waals surface area contributed by atoms with Gasteiger partial charge in [0.05, 0.1) is 24.2 Å². The number of hydrogen-bond acceptors (Lipinski definition) is 4. The third kappa shape index (κ3) is 4.86. The van der Waals surface area contributed by atoms with Crippen LogP contribution in [0.15, 0.2) is 53.4 Å². The number of nitrogens with one attached hydrogen (secondary N) is 1. The highest BCUT2D eigenvalue weighted by Gasteiger charge is 2.29. The molecule has 1 amide bonds. The van der Waals surface area contributed by atoms with E-state index < -0.39 is 15.9 Å². The van der Waals surface area contributed by atoms with Crippen LogP contribution in [-0.4, -0.2) is 38.8 Å². The predicted molar refractivity (Wildman–Crippen MR) is 115 cm³/mol. The first kappa shape index (κ1) is 21.1. The zero-order chi connectivity index (χ0) is 20.9. The minimum absolute atomic E-state index is 0.243. The Morgan fingerprint density at radius 2 is 1.83 bits per heavy atom. The number of ether oxygens (including phenoxy) is 1. The number of methoxy groups -OCH3 is 1. The maximum Gasteiger partial charge on any atom is 0.239 e. The lowest BCUT2D eigenvalue weighted by Gasteiger charge is -2.25. The van der Waals surface area contributed by atoms with Crippen LogP contribution in [0, 0.1) is 0 Å². The summed E-state index contributed by atoms with van der Waals surface area (Å²) in [7, 11) is -2.21. The van der Waals surface area contributed by atoms with Crippen molar-refractivity contribution in [1.82, 2.24) is 4.31 Å². The van der Waals surface area contributed by atoms with E-state index in [1.165, 1.54) is 11.4 Å². The highest BCUT2D eigenvalue weighted by Crippen LogP contribution is 2.29. The van der Waals surface area contributed by atoms with Crippen LogP contribution in [0.4, 0.5) is 5.69 Å². The van der Waals surface area contributed by atoms with Crippen molar-refractivity contribution in [2.24, 2.45) is 0 Å². The number of amides is 1. The molecule has 2 aromatic carbocycles. The SMILES string of the molecule is CCCN(CC(=O)Nc1ccccc1OC)S(=O)(=O)C1=Cc2ccccc2CC1. The van der Waals surface area contributed by atoms with Crippen LogP contribution in [0.1, 0.15) is 30.9 Å². The van der Waals surface area contributed by atoms with E-state index in [1.807, 2.05) is 31.2 Å². The number of allylic oxidation sites excluding steroid dienone is 1. The third-order valence-electron chi connectivity index (χ3n) is 4.86. The van der Waals surface area contributed by atoms with Gasteiger partial charge in [0.2, 0.25) is 15.9 Å². The lowest BCUT2D eigenvalue weighted by Crippen LogP contribution is -2.39. The number of hydrogen-bond donors (Lipinski definition) is 1. The van der Waals surface area contributed by atoms with Gasteiger partial charge in [0.15, 0.2) is 0 Å². The average molecular weight is 415 g/mol. The second-order valence-corrected chi connectivity index (χ2v) is 8.89. The molecule has 1 aliphatic carbocycles. The van der Waals surface area contributed by atoms with Gasteiger partial charge in [0.1, 0.15) is 5.75 Å². The number of para-hydroxylation sites is 2. The largest absolute Gasteiger partial charge is 0.495 e. The summed E-state index contributed by atoms with van der Waals surface area (Å²) in [6.45, 7) is 1.93. The van der Waals surface area contributed by atoms with E-state index in [1.54, 1.807) is 30.3 Å². The van der Waals surface area contributed by atoms with Crippen LogP contribution in [-0.2, 0) is 21.2 Å². The molecule has 0 unspecified atom stereocenters. The van der Waals surface area contributed by atoms with E-state index in [4.69, 9.17) is 4.74 Å². The van der Waals surface area contributed by atoms with Gasteiger partial charge in [-0.3, -0.25) is 4.79 Å². The zero-order valence-corrected chi connectivity index (χ0v) is 17.5. The van der Waals surface area contributed by atoms with Crippen molar-refractivity contribution >= 4 is 27.7 Å². The Morgan fingerprint density at radius 3 is 2.59 bits per heavy atom. The molecule has 3 rings (SSSR count). The second kappa shape index (κ2) is 9.24. The van der Waals surface area contributed by atoms with E-state index in [9.17, 15) is 13.2 Å². The standard InChI is InChI=1S/C22H26N2O4S/c1-3-14-24(16-22(25)23-20-10-6-7-11-21(20)28-2)29(26,27)19-13-12-17-8-4-5-9-18(17)15-19/h4-11,15H,3,12-14,16H2,1-2H3,(H,23,25). The molecule has 0 atom stereocenters. The molecule has 0 bridgehead atoms. The quantitative estimate of drug-likeness (QED) is 0.715. The van der Waals surface area contributed by atoms with Crippen molar-refractivity contribution < 1.29 is 17.9 Å². The van der Waals surface area contributed by atoms with Gasteiger partial charge in [-0.2, -0.15) is 4.31 Å². The monoisotopic (exact) mass is 414 g/mol. The topological polar surface area (TPSA) is 75.7 Å². The number of carbonyl (C=O) groups excluding carboxylic acids is 1. The number of anilines is 1. The van der Waals surface area contributed by atoms with Crippen molar-refractivity contribution in [1.29, 1.82) is 0 Å². The van der Waals surface area contributed by atoms with E-state index in [2.05, 4.69) is 5.32 Å². The third-order valence-corrected chi connectivity index (χ3v) is 6.83. The molecule has 154 valence electrons. The van der Waals surface area contributed by atoms with Gasteiger partial charge in [-0.15, -0.1) is 0 Å². The molecule has 0 fully saturated rings. The molecule has 1 N–H and O–H groups in total. The first-order valence-electron chi connectivity index (χ1n) is 9.67. The highest BCUT2D eigenvalue weighted by atomic mass is 32.2. The Kier molecular flexibility index (Phi) is 6.71. The minimum atomic E-state index is -3.73. The summed E-state index contributed by atoms with van der Waals surface area (Å²) in [6, 6.07) is 14.8. The lowest BCUT2D eigenvalue weighted by molar-refractivity contribution is -0.116. The van der Waals surface area contributed by atoms with E-state index >= 15 is 0 Å². The fraction of sp³-hybridized carbons (Fsp3) is 0.318. The van der Waals surface area contributed by atoms with E-state index in [0.29, 0.717) is 35.6 Å². The number of benzene rings is 2. The van der Waals surface area contributed by atoms with Gasteiger partial charge in [-0.05, 0) is 48.6 Å². The molecule has 7 heteroatoms. The van der Waals surface area contributed by atoms with Gasteiger partial charge >= 0.3 is 0 Å². The maximum atomic E-state index is 13.2. The fourth-order valence-electron chi connectivity index (χ4n) is 3.41. The average Bonchev–Trinajstić information content (AvgIpc) is 2.73. The summed E-state index contributed by atoms with van der Waals surface area (Å²) in [6.07, 6.45) is 3.46. The minimum Gasteiger partial charge on any atom is -0.495 e. The molecule has 0 aromatic heterocycles. The molecule has 0 heterocycles. The number of carbonyl (C=O) groups is 1. The molecule has 0 saturated carbocycles. The van der Waals surface area contributed by atoms with Crippen LogP contribution < -0.4 is 10.1 Å². The summed E-state index contributed by atoms with van der Waals surface area (Å²) < 4.78 is 33.0. The number of aryl methyl sites for hydroxylation is 1. The van der Waals surface area contributed by atoms with Gasteiger partial charge in [-0.25, -0.2) is 8.42 Å². The Hall–Kier alpha value is -2.64. The summed E-state index contributed by atoms with van der Waals surface area (Å²) in [5, 5.41) is 2.75. The summed E-state index contributed by atoms with van der Waals surface area (Å²) in [5.41, 5.74) is 2.58. The molecule has 1 aliphatic rings. The Labute approximate surface area is 172 Å². The van der Waals surface area contributed by atoms with Crippen molar-refractivity contribution in [2.45, 2.75) is 26.2 Å². The molecule has 0 spiro atoms. The normalized spacial score (nSPS) is 13.6. The number of rotatable bonds is 8. The molecule has 0 radical (unpaired) electrons. The van der Waals surface area contributed by atoms with Gasteiger partial charge in [0.25, 0.3) is 0 Å². The van der Waals surface area contributed by atoms with Crippen molar-refractivity contribution in [3.63, 3.8) is 0 Å². The van der Waals surface area contributed by atoms with Gasteiger partial charge in [0, 0.05) is 6.54 Å². The number of fused-ring (bicyclic) bond motifs is 1. The van der Waals surface area contributed by atoms with Gasteiger partial charge < -0.3 is 10.1 Å². The molecule has 0 saturated heterocycles. The fourth-order valence-corrected chi connectivity index (χ4v) is 5.08. The van der Waals surface area contributed by atoms with Crippen LogP contribution in [0.5, 0.6) is 5.75 Å². The molecular weight excluding hydrogens is 388 g/mol. The van der Waals surface area contributed by atoms with Gasteiger partial charge in [-0.1, -0.05) is 43.3 Å². The van der Waals surface area contributed by atoms with Crippen molar-refractivity contribution in [2.75, 3.05) is 25.5 Å². The van der Waals surface area contributed by atoms with E-state index in [-0.39, 0.29) is 13.1 Å². The van der Waals surface area contributed by atoms with Crippen LogP contribution >= 0.6 is 0 Å². The summed E-state index contributed by atoms with van der Waals surface area (Å²) in [5.74, 6) is 0.126. The Morgan fingerprint density at radius 1 is 1.10 bits per heavy atom. The summed E-state index contributed by atoms with van der Waals surface area (Å²) >= 11 is 0. The molecule has 2 aromatic rings. The van der Waals surface area contributed by atoms with Crippen LogP contribution in [0.25, 0.3) is 6.08 Å².